The van der Waals surface area contributed by atoms with Crippen molar-refractivity contribution in [2.75, 3.05) is 0 Å². The highest BCUT2D eigenvalue weighted by Gasteiger charge is 2.00. The van der Waals surface area contributed by atoms with E-state index in [9.17, 15) is 5.11 Å². The second-order valence-electron chi connectivity index (χ2n) is 3.19. The van der Waals surface area contributed by atoms with E-state index in [1.54, 1.807) is 12.1 Å². The van der Waals surface area contributed by atoms with E-state index in [4.69, 9.17) is 0 Å². The van der Waals surface area contributed by atoms with Gasteiger partial charge in [0.05, 0.1) is 0 Å². The van der Waals surface area contributed by atoms with Gasteiger partial charge in [0, 0.05) is 0 Å². The van der Waals surface area contributed by atoms with E-state index >= 15 is 0 Å². The molecule has 1 aromatic rings. The zero-order chi connectivity index (χ0) is 9.10. The Labute approximate surface area is 78.0 Å². The molecule has 0 bridgehead atoms. The number of allylic oxidation sites excluding steroid dienone is 4. The number of phenols is 1. The van der Waals surface area contributed by atoms with Gasteiger partial charge < -0.3 is 5.11 Å². The minimum absolute atomic E-state index is 0.331. The van der Waals surface area contributed by atoms with Gasteiger partial charge in [0.1, 0.15) is 5.75 Å². The molecule has 1 aromatic carbocycles. The van der Waals surface area contributed by atoms with Crippen molar-refractivity contribution < 1.29 is 5.11 Å². The summed E-state index contributed by atoms with van der Waals surface area (Å²) < 4.78 is 0. The van der Waals surface area contributed by atoms with Gasteiger partial charge in [0.25, 0.3) is 0 Å². The summed E-state index contributed by atoms with van der Waals surface area (Å²) in [6.07, 6.45) is 8.70. The third kappa shape index (κ3) is 1.81. The van der Waals surface area contributed by atoms with Gasteiger partial charge in [-0.05, 0) is 36.1 Å². The monoisotopic (exact) mass is 172 g/mol. The minimum Gasteiger partial charge on any atom is -0.508 e. The standard InChI is InChI=1S/C12H12O/c13-12-8-4-7-11(9-12)10-5-2-1-3-6-10/h2,4-9,13H,1,3H2. The zero-order valence-corrected chi connectivity index (χ0v) is 7.40. The zero-order valence-electron chi connectivity index (χ0n) is 7.40. The Hall–Kier alpha value is -1.50. The summed E-state index contributed by atoms with van der Waals surface area (Å²) in [5, 5.41) is 9.29. The molecule has 13 heavy (non-hydrogen) atoms. The fourth-order valence-corrected chi connectivity index (χ4v) is 1.51. The van der Waals surface area contributed by atoms with Crippen molar-refractivity contribution >= 4 is 5.57 Å². The molecule has 0 radical (unpaired) electrons. The van der Waals surface area contributed by atoms with E-state index in [1.807, 2.05) is 12.1 Å². The first-order valence-corrected chi connectivity index (χ1v) is 4.52. The van der Waals surface area contributed by atoms with Crippen molar-refractivity contribution in [2.24, 2.45) is 0 Å². The maximum absolute atomic E-state index is 9.29. The van der Waals surface area contributed by atoms with Crippen molar-refractivity contribution in [2.45, 2.75) is 12.8 Å². The first-order valence-electron chi connectivity index (χ1n) is 4.52. The molecule has 1 aliphatic carbocycles. The predicted octanol–water partition coefficient (Wildman–Crippen LogP) is 3.13. The van der Waals surface area contributed by atoms with Gasteiger partial charge in [-0.3, -0.25) is 0 Å². The quantitative estimate of drug-likeness (QED) is 0.690. The summed E-state index contributed by atoms with van der Waals surface area (Å²) in [6, 6.07) is 7.37. The average molecular weight is 172 g/mol. The van der Waals surface area contributed by atoms with Gasteiger partial charge in [-0.15, -0.1) is 0 Å². The van der Waals surface area contributed by atoms with Gasteiger partial charge in [-0.1, -0.05) is 30.4 Å². The normalized spacial score (nSPS) is 15.5. The van der Waals surface area contributed by atoms with E-state index in [2.05, 4.69) is 18.2 Å². The molecule has 0 amide bonds. The van der Waals surface area contributed by atoms with Crippen LogP contribution in [0.4, 0.5) is 0 Å². The summed E-state index contributed by atoms with van der Waals surface area (Å²) in [7, 11) is 0. The Morgan fingerprint density at radius 3 is 2.77 bits per heavy atom. The maximum Gasteiger partial charge on any atom is 0.116 e. The Kier molecular flexibility index (Phi) is 2.17. The van der Waals surface area contributed by atoms with Crippen LogP contribution in [0.25, 0.3) is 5.57 Å². The molecule has 66 valence electrons. The van der Waals surface area contributed by atoms with Crippen LogP contribution >= 0.6 is 0 Å². The molecular weight excluding hydrogens is 160 g/mol. The summed E-state index contributed by atoms with van der Waals surface area (Å²) >= 11 is 0. The molecule has 1 N–H and O–H groups in total. The van der Waals surface area contributed by atoms with Gasteiger partial charge in [0.15, 0.2) is 0 Å². The molecule has 1 heteroatoms. The third-order valence-electron chi connectivity index (χ3n) is 2.17. The second-order valence-corrected chi connectivity index (χ2v) is 3.19. The summed E-state index contributed by atoms with van der Waals surface area (Å²) in [4.78, 5) is 0. The van der Waals surface area contributed by atoms with Crippen molar-refractivity contribution in [1.29, 1.82) is 0 Å². The summed E-state index contributed by atoms with van der Waals surface area (Å²) in [6.45, 7) is 0. The van der Waals surface area contributed by atoms with Gasteiger partial charge in [0.2, 0.25) is 0 Å². The first kappa shape index (κ1) is 8.11. The van der Waals surface area contributed by atoms with Crippen LogP contribution in [-0.2, 0) is 0 Å². The van der Waals surface area contributed by atoms with E-state index in [0.29, 0.717) is 5.75 Å². The fraction of sp³-hybridized carbons (Fsp3) is 0.167. The lowest BCUT2D eigenvalue weighted by Crippen LogP contribution is -1.84. The van der Waals surface area contributed by atoms with Crippen molar-refractivity contribution in [1.82, 2.24) is 0 Å². The summed E-state index contributed by atoms with van der Waals surface area (Å²) in [5.74, 6) is 0.331. The Bertz CT molecular complexity index is 361. The molecule has 0 unspecified atom stereocenters. The van der Waals surface area contributed by atoms with Crippen LogP contribution in [0.1, 0.15) is 18.4 Å². The predicted molar refractivity (Wildman–Crippen MR) is 54.5 cm³/mol. The highest BCUT2D eigenvalue weighted by Crippen LogP contribution is 2.23. The van der Waals surface area contributed by atoms with Gasteiger partial charge >= 0.3 is 0 Å². The Morgan fingerprint density at radius 2 is 2.08 bits per heavy atom. The molecule has 1 nitrogen and oxygen atoms in total. The Morgan fingerprint density at radius 1 is 1.15 bits per heavy atom. The molecule has 0 aliphatic heterocycles. The number of hydrogen-bond donors (Lipinski definition) is 1. The molecule has 1 aliphatic rings. The maximum atomic E-state index is 9.29. The lowest BCUT2D eigenvalue weighted by molar-refractivity contribution is 0.475. The number of aromatic hydroxyl groups is 1. The Balaban J connectivity index is 2.35. The van der Waals surface area contributed by atoms with Crippen LogP contribution in [0.3, 0.4) is 0 Å². The average Bonchev–Trinajstić information content (AvgIpc) is 2.19. The number of hydrogen-bond acceptors (Lipinski definition) is 1. The van der Waals surface area contributed by atoms with E-state index in [1.165, 1.54) is 5.57 Å². The van der Waals surface area contributed by atoms with Crippen LogP contribution in [0.15, 0.2) is 42.5 Å². The molecule has 0 aromatic heterocycles. The topological polar surface area (TPSA) is 20.2 Å². The molecule has 0 fully saturated rings. The van der Waals surface area contributed by atoms with E-state index < -0.39 is 0 Å². The van der Waals surface area contributed by atoms with Crippen LogP contribution in [0, 0.1) is 0 Å². The highest BCUT2D eigenvalue weighted by molar-refractivity contribution is 5.75. The van der Waals surface area contributed by atoms with Crippen molar-refractivity contribution in [3.63, 3.8) is 0 Å². The van der Waals surface area contributed by atoms with E-state index in [0.717, 1.165) is 18.4 Å². The van der Waals surface area contributed by atoms with Gasteiger partial charge in [-0.25, -0.2) is 0 Å². The van der Waals surface area contributed by atoms with Crippen LogP contribution in [0.2, 0.25) is 0 Å². The van der Waals surface area contributed by atoms with Crippen LogP contribution in [0.5, 0.6) is 5.75 Å². The number of phenolic OH excluding ortho intramolecular Hbond substituents is 1. The highest BCUT2D eigenvalue weighted by atomic mass is 16.3. The number of benzene rings is 1. The van der Waals surface area contributed by atoms with Crippen molar-refractivity contribution in [3.05, 3.63) is 48.1 Å². The molecule has 0 saturated heterocycles. The SMILES string of the molecule is Oc1cccc(C2=CCCC=C2)c1. The van der Waals surface area contributed by atoms with Crippen LogP contribution in [-0.4, -0.2) is 5.11 Å². The lowest BCUT2D eigenvalue weighted by atomic mass is 10.00. The minimum atomic E-state index is 0.331. The van der Waals surface area contributed by atoms with E-state index in [-0.39, 0.29) is 0 Å². The summed E-state index contributed by atoms with van der Waals surface area (Å²) in [5.41, 5.74) is 2.30. The fourth-order valence-electron chi connectivity index (χ4n) is 1.51. The molecular formula is C12H12O. The van der Waals surface area contributed by atoms with Crippen molar-refractivity contribution in [3.8, 4) is 5.75 Å². The van der Waals surface area contributed by atoms with Gasteiger partial charge in [-0.2, -0.15) is 0 Å². The lowest BCUT2D eigenvalue weighted by Gasteiger charge is -2.06. The van der Waals surface area contributed by atoms with Crippen LogP contribution < -0.4 is 0 Å². The number of rotatable bonds is 1. The first-order chi connectivity index (χ1) is 6.36. The molecule has 0 saturated carbocycles. The molecule has 0 heterocycles. The molecule has 0 atom stereocenters. The second kappa shape index (κ2) is 3.48. The molecule has 2 rings (SSSR count). The molecule has 0 spiro atoms. The third-order valence-corrected chi connectivity index (χ3v) is 2.17. The smallest absolute Gasteiger partial charge is 0.116 e. The largest absolute Gasteiger partial charge is 0.508 e.